The molecule has 6 heteroatoms. The minimum absolute atomic E-state index is 0.0154. The monoisotopic (exact) mass is 270 g/mol. The molecule has 0 aliphatic carbocycles. The second kappa shape index (κ2) is 5.19. The summed E-state index contributed by atoms with van der Waals surface area (Å²) in [7, 11) is 0. The molecule has 0 bridgehead atoms. The molecule has 1 fully saturated rings. The van der Waals surface area contributed by atoms with Crippen LogP contribution in [0.1, 0.15) is 0 Å². The Balaban J connectivity index is 1.98. The molecule has 2 aromatic rings. The number of amides is 1. The zero-order valence-corrected chi connectivity index (χ0v) is 10.7. The van der Waals surface area contributed by atoms with Gasteiger partial charge in [-0.2, -0.15) is 0 Å². The van der Waals surface area contributed by atoms with Crippen LogP contribution in [0.4, 0.5) is 11.6 Å². The van der Waals surface area contributed by atoms with Crippen LogP contribution < -0.4 is 4.90 Å². The first kappa shape index (κ1) is 11.9. The molecule has 19 heavy (non-hydrogen) atoms. The van der Waals surface area contributed by atoms with Gasteiger partial charge in [-0.1, -0.05) is 23.9 Å². The van der Waals surface area contributed by atoms with Crippen molar-refractivity contribution in [3.8, 4) is 0 Å². The summed E-state index contributed by atoms with van der Waals surface area (Å²) in [5.41, 5.74) is 0. The maximum Gasteiger partial charge on any atom is 0.244 e. The van der Waals surface area contributed by atoms with E-state index in [-0.39, 0.29) is 5.91 Å². The van der Waals surface area contributed by atoms with E-state index >= 15 is 0 Å². The minimum Gasteiger partial charge on any atom is -0.273 e. The van der Waals surface area contributed by atoms with Gasteiger partial charge in [0.2, 0.25) is 5.91 Å². The van der Waals surface area contributed by atoms with Crippen molar-refractivity contribution in [2.45, 2.75) is 0 Å². The summed E-state index contributed by atoms with van der Waals surface area (Å²) in [6.45, 7) is 0. The third-order valence-electron chi connectivity index (χ3n) is 2.50. The average Bonchev–Trinajstić information content (AvgIpc) is 2.82. The average molecular weight is 270 g/mol. The van der Waals surface area contributed by atoms with Gasteiger partial charge in [-0.25, -0.2) is 19.9 Å². The summed E-state index contributed by atoms with van der Waals surface area (Å²) >= 11 is 1.39. The molecule has 1 saturated heterocycles. The molecule has 94 valence electrons. The fourth-order valence-electron chi connectivity index (χ4n) is 1.67. The number of rotatable bonds is 2. The Kier molecular flexibility index (Phi) is 3.24. The molecule has 1 aliphatic heterocycles. The second-order valence-corrected chi connectivity index (χ2v) is 4.73. The highest BCUT2D eigenvalue weighted by Crippen LogP contribution is 2.26. The van der Waals surface area contributed by atoms with E-state index in [2.05, 4.69) is 15.0 Å². The van der Waals surface area contributed by atoms with Crippen molar-refractivity contribution in [1.82, 2.24) is 9.97 Å². The number of nitrogens with zero attached hydrogens (tertiary/aromatic N) is 4. The largest absolute Gasteiger partial charge is 0.273 e. The number of anilines is 1. The Labute approximate surface area is 114 Å². The highest BCUT2D eigenvalue weighted by molar-refractivity contribution is 8.15. The molecule has 0 saturated carbocycles. The van der Waals surface area contributed by atoms with Crippen molar-refractivity contribution in [1.29, 1.82) is 0 Å². The molecule has 1 aliphatic rings. The number of aliphatic imine (C=N–C) groups is 1. The maximum atomic E-state index is 11.9. The topological polar surface area (TPSA) is 58.5 Å². The number of hydrogen-bond acceptors (Lipinski definition) is 5. The summed E-state index contributed by atoms with van der Waals surface area (Å²) in [6, 6.07) is 10.9. The molecule has 0 aromatic carbocycles. The Morgan fingerprint density at radius 2 is 1.89 bits per heavy atom. The van der Waals surface area contributed by atoms with Crippen LogP contribution >= 0.6 is 11.8 Å². The molecule has 5 nitrogen and oxygen atoms in total. The van der Waals surface area contributed by atoms with Gasteiger partial charge in [-0.05, 0) is 24.3 Å². The molecule has 3 rings (SSSR count). The Hall–Kier alpha value is -2.21. The van der Waals surface area contributed by atoms with Gasteiger partial charge in [0.15, 0.2) is 11.0 Å². The smallest absolute Gasteiger partial charge is 0.244 e. The van der Waals surface area contributed by atoms with Gasteiger partial charge >= 0.3 is 0 Å². The summed E-state index contributed by atoms with van der Waals surface area (Å²) in [5, 5.41) is 0.613. The van der Waals surface area contributed by atoms with E-state index in [1.165, 1.54) is 16.7 Å². The molecular formula is C13H10N4OS. The number of aromatic nitrogens is 2. The van der Waals surface area contributed by atoms with Crippen molar-refractivity contribution in [2.75, 3.05) is 10.7 Å². The van der Waals surface area contributed by atoms with Crippen molar-refractivity contribution in [2.24, 2.45) is 4.99 Å². The first-order chi connectivity index (χ1) is 9.34. The number of thioether (sulfide) groups is 1. The van der Waals surface area contributed by atoms with Crippen molar-refractivity contribution in [3.05, 3.63) is 48.8 Å². The molecule has 0 radical (unpaired) electrons. The third kappa shape index (κ3) is 2.48. The SMILES string of the molecule is O=C1CS/C(=N\c2ccccn2)N1c1ccccn1. The van der Waals surface area contributed by atoms with E-state index in [1.54, 1.807) is 24.5 Å². The van der Waals surface area contributed by atoms with Crippen molar-refractivity contribution < 1.29 is 4.79 Å². The lowest BCUT2D eigenvalue weighted by Gasteiger charge is -2.14. The molecular weight excluding hydrogens is 260 g/mol. The Bertz CT molecular complexity index is 615. The number of carbonyl (C=O) groups excluding carboxylic acids is 1. The fourth-order valence-corrected chi connectivity index (χ4v) is 2.54. The number of amidine groups is 1. The van der Waals surface area contributed by atoms with E-state index in [0.29, 0.717) is 22.6 Å². The van der Waals surface area contributed by atoms with Crippen LogP contribution in [0.15, 0.2) is 53.8 Å². The maximum absolute atomic E-state index is 11.9. The molecule has 0 atom stereocenters. The predicted octanol–water partition coefficient (Wildman–Crippen LogP) is 2.24. The van der Waals surface area contributed by atoms with Crippen molar-refractivity contribution >= 4 is 34.5 Å². The molecule has 2 aromatic heterocycles. The van der Waals surface area contributed by atoms with Gasteiger partial charge in [0.1, 0.15) is 5.82 Å². The van der Waals surface area contributed by atoms with Gasteiger partial charge < -0.3 is 0 Å². The molecule has 3 heterocycles. The summed E-state index contributed by atoms with van der Waals surface area (Å²) in [6.07, 6.45) is 3.33. The van der Waals surface area contributed by atoms with Crippen LogP contribution in [-0.4, -0.2) is 26.8 Å². The lowest BCUT2D eigenvalue weighted by molar-refractivity contribution is -0.115. The van der Waals surface area contributed by atoms with Gasteiger partial charge in [-0.3, -0.25) is 4.79 Å². The number of pyridine rings is 2. The fraction of sp³-hybridized carbons (Fsp3) is 0.0769. The summed E-state index contributed by atoms with van der Waals surface area (Å²) in [4.78, 5) is 26.2. The third-order valence-corrected chi connectivity index (χ3v) is 3.43. The molecule has 0 N–H and O–H groups in total. The standard InChI is InChI=1S/C13H10N4OS/c18-12-9-19-13(16-10-5-1-3-7-14-10)17(12)11-6-2-4-8-15-11/h1-8H,9H2/b16-13-. The van der Waals surface area contributed by atoms with Gasteiger partial charge in [0, 0.05) is 12.4 Å². The van der Waals surface area contributed by atoms with Crippen molar-refractivity contribution in [3.63, 3.8) is 0 Å². The van der Waals surface area contributed by atoms with Gasteiger partial charge in [0.25, 0.3) is 0 Å². The zero-order valence-electron chi connectivity index (χ0n) is 9.93. The second-order valence-electron chi connectivity index (χ2n) is 3.79. The lowest BCUT2D eigenvalue weighted by atomic mass is 10.4. The first-order valence-corrected chi connectivity index (χ1v) is 6.70. The lowest BCUT2D eigenvalue weighted by Crippen LogP contribution is -2.29. The minimum atomic E-state index is -0.0154. The van der Waals surface area contributed by atoms with Crippen LogP contribution in [0.5, 0.6) is 0 Å². The van der Waals surface area contributed by atoms with Crippen LogP contribution in [0.3, 0.4) is 0 Å². The van der Waals surface area contributed by atoms with E-state index in [1.807, 2.05) is 24.3 Å². The predicted molar refractivity (Wildman–Crippen MR) is 75.5 cm³/mol. The Morgan fingerprint density at radius 1 is 1.11 bits per heavy atom. The van der Waals surface area contributed by atoms with E-state index in [4.69, 9.17) is 0 Å². The summed E-state index contributed by atoms with van der Waals surface area (Å²) < 4.78 is 0. The number of hydrogen-bond donors (Lipinski definition) is 0. The van der Waals surface area contributed by atoms with Crippen LogP contribution in [0.25, 0.3) is 0 Å². The van der Waals surface area contributed by atoms with Crippen LogP contribution in [0, 0.1) is 0 Å². The van der Waals surface area contributed by atoms with Crippen LogP contribution in [0.2, 0.25) is 0 Å². The zero-order chi connectivity index (χ0) is 13.1. The normalized spacial score (nSPS) is 17.2. The highest BCUT2D eigenvalue weighted by atomic mass is 32.2. The van der Waals surface area contributed by atoms with E-state index < -0.39 is 0 Å². The number of carbonyl (C=O) groups is 1. The van der Waals surface area contributed by atoms with E-state index in [9.17, 15) is 4.79 Å². The first-order valence-electron chi connectivity index (χ1n) is 5.71. The highest BCUT2D eigenvalue weighted by Gasteiger charge is 2.30. The van der Waals surface area contributed by atoms with Crippen LogP contribution in [-0.2, 0) is 4.79 Å². The summed E-state index contributed by atoms with van der Waals surface area (Å²) in [5.74, 6) is 1.54. The molecule has 1 amide bonds. The van der Waals surface area contributed by atoms with Gasteiger partial charge in [-0.15, -0.1) is 0 Å². The Morgan fingerprint density at radius 3 is 2.58 bits per heavy atom. The van der Waals surface area contributed by atoms with E-state index in [0.717, 1.165) is 0 Å². The quantitative estimate of drug-likeness (QED) is 0.839. The molecule has 0 spiro atoms. The molecule has 0 unspecified atom stereocenters. The van der Waals surface area contributed by atoms with Gasteiger partial charge in [0.05, 0.1) is 5.75 Å².